The lowest BCUT2D eigenvalue weighted by Gasteiger charge is -2.32. The second kappa shape index (κ2) is 8.20. The average Bonchev–Trinajstić information content (AvgIpc) is 2.84. The van der Waals surface area contributed by atoms with E-state index in [1.165, 1.54) is 5.56 Å². The van der Waals surface area contributed by atoms with Crippen molar-refractivity contribution in [3.63, 3.8) is 0 Å². The van der Waals surface area contributed by atoms with E-state index in [0.717, 1.165) is 41.1 Å². The van der Waals surface area contributed by atoms with Crippen LogP contribution in [0.3, 0.4) is 0 Å². The highest BCUT2D eigenvalue weighted by Gasteiger charge is 2.26. The summed E-state index contributed by atoms with van der Waals surface area (Å²) < 4.78 is 21.3. The van der Waals surface area contributed by atoms with E-state index in [4.69, 9.17) is 4.98 Å². The highest BCUT2D eigenvalue weighted by atomic mass is 32.3. The highest BCUT2D eigenvalue weighted by Crippen LogP contribution is 2.51. The van der Waals surface area contributed by atoms with Crippen LogP contribution < -0.4 is 15.5 Å². The molecule has 0 saturated heterocycles. The van der Waals surface area contributed by atoms with Crippen molar-refractivity contribution < 1.29 is 9.11 Å². The molecular weight excluding hydrogens is 384 g/mol. The smallest absolute Gasteiger partial charge is 0.131 e. The van der Waals surface area contributed by atoms with E-state index in [0.29, 0.717) is 23.7 Å². The lowest BCUT2D eigenvalue weighted by Crippen LogP contribution is -2.26. The van der Waals surface area contributed by atoms with Crippen LogP contribution >= 0.6 is 10.6 Å². The molecule has 0 unspecified atom stereocenters. The van der Waals surface area contributed by atoms with Crippen LogP contribution in [0.4, 0.5) is 11.5 Å². The van der Waals surface area contributed by atoms with Crippen molar-refractivity contribution in [2.24, 2.45) is 0 Å². The fraction of sp³-hybridized carbons (Fsp3) is 0.318. The lowest BCUT2D eigenvalue weighted by atomic mass is 10.1. The van der Waals surface area contributed by atoms with Gasteiger partial charge in [0.05, 0.1) is 16.2 Å². The SMILES string of the molecule is CNCCNc1cc(N2CCS(O)(O)c3ccccc3C2)nc2ccc(C)cc12. The zero-order chi connectivity index (χ0) is 20.4. The maximum absolute atomic E-state index is 10.6. The zero-order valence-corrected chi connectivity index (χ0v) is 17.7. The van der Waals surface area contributed by atoms with Gasteiger partial charge in [0.1, 0.15) is 5.82 Å². The number of hydrogen-bond acceptors (Lipinski definition) is 6. The molecule has 0 spiro atoms. The molecule has 2 heterocycles. The quantitative estimate of drug-likeness (QED) is 0.468. The second-order valence-corrected chi connectivity index (χ2v) is 9.66. The van der Waals surface area contributed by atoms with Gasteiger partial charge >= 0.3 is 0 Å². The third kappa shape index (κ3) is 4.18. The molecule has 1 aromatic heterocycles. The Morgan fingerprint density at radius 2 is 1.93 bits per heavy atom. The zero-order valence-electron chi connectivity index (χ0n) is 16.9. The number of anilines is 2. The Morgan fingerprint density at radius 3 is 2.76 bits per heavy atom. The molecule has 4 N–H and O–H groups in total. The summed E-state index contributed by atoms with van der Waals surface area (Å²) in [7, 11) is -0.849. The van der Waals surface area contributed by atoms with Gasteiger partial charge in [-0.15, -0.1) is 0 Å². The first-order chi connectivity index (χ1) is 14.0. The minimum Gasteiger partial charge on any atom is -0.383 e. The lowest BCUT2D eigenvalue weighted by molar-refractivity contribution is 0.488. The fourth-order valence-electron chi connectivity index (χ4n) is 3.74. The van der Waals surface area contributed by atoms with Gasteiger partial charge in [0.2, 0.25) is 0 Å². The Kier molecular flexibility index (Phi) is 5.65. The molecule has 154 valence electrons. The predicted octanol–water partition coefficient (Wildman–Crippen LogP) is 4.30. The van der Waals surface area contributed by atoms with Crippen LogP contribution in [0.1, 0.15) is 11.1 Å². The summed E-state index contributed by atoms with van der Waals surface area (Å²) in [5.74, 6) is 1.15. The van der Waals surface area contributed by atoms with Crippen LogP contribution in [0.25, 0.3) is 10.9 Å². The van der Waals surface area contributed by atoms with Crippen molar-refractivity contribution in [1.29, 1.82) is 0 Å². The fourth-order valence-corrected chi connectivity index (χ4v) is 5.28. The molecule has 4 rings (SSSR count). The molecular formula is C22H28N4O2S. The molecule has 0 bridgehead atoms. The topological polar surface area (TPSA) is 80.7 Å². The number of pyridine rings is 1. The van der Waals surface area contributed by atoms with Crippen LogP contribution in [-0.2, 0) is 6.54 Å². The number of fused-ring (bicyclic) bond motifs is 2. The van der Waals surface area contributed by atoms with Crippen molar-refractivity contribution in [1.82, 2.24) is 10.3 Å². The van der Waals surface area contributed by atoms with Gasteiger partial charge in [0, 0.05) is 43.3 Å². The van der Waals surface area contributed by atoms with Crippen molar-refractivity contribution in [3.8, 4) is 0 Å². The Labute approximate surface area is 173 Å². The van der Waals surface area contributed by atoms with Gasteiger partial charge in [-0.3, -0.25) is 9.11 Å². The molecule has 0 saturated carbocycles. The molecule has 29 heavy (non-hydrogen) atoms. The normalized spacial score (nSPS) is 16.9. The number of hydrogen-bond donors (Lipinski definition) is 4. The van der Waals surface area contributed by atoms with Crippen LogP contribution in [0.5, 0.6) is 0 Å². The summed E-state index contributed by atoms with van der Waals surface area (Å²) in [6.45, 7) is 4.90. The number of benzene rings is 2. The van der Waals surface area contributed by atoms with Gasteiger partial charge in [-0.1, -0.05) is 29.8 Å². The van der Waals surface area contributed by atoms with Crippen LogP contribution in [0, 0.1) is 6.92 Å². The van der Waals surface area contributed by atoms with Gasteiger partial charge < -0.3 is 15.5 Å². The Balaban J connectivity index is 1.74. The molecule has 0 radical (unpaired) electrons. The first-order valence-electron chi connectivity index (χ1n) is 9.86. The van der Waals surface area contributed by atoms with Gasteiger partial charge in [-0.25, -0.2) is 4.98 Å². The first kappa shape index (κ1) is 20.0. The van der Waals surface area contributed by atoms with Crippen molar-refractivity contribution >= 4 is 33.0 Å². The maximum atomic E-state index is 10.6. The first-order valence-corrected chi connectivity index (χ1v) is 11.6. The van der Waals surface area contributed by atoms with E-state index < -0.39 is 10.6 Å². The molecule has 0 amide bonds. The van der Waals surface area contributed by atoms with Crippen LogP contribution in [0.2, 0.25) is 0 Å². The molecule has 6 nitrogen and oxygen atoms in total. The molecule has 1 aliphatic heterocycles. The monoisotopic (exact) mass is 412 g/mol. The Hall–Kier alpha value is -2.32. The van der Waals surface area contributed by atoms with Crippen molar-refractivity contribution in [3.05, 3.63) is 59.7 Å². The summed E-state index contributed by atoms with van der Waals surface area (Å²) >= 11 is 0. The van der Waals surface area contributed by atoms with Crippen LogP contribution in [-0.4, -0.2) is 46.5 Å². The summed E-state index contributed by atoms with van der Waals surface area (Å²) in [6.07, 6.45) is 0. The molecule has 0 fully saturated rings. The number of aryl methyl sites for hydroxylation is 1. The molecule has 3 aromatic rings. The molecule has 0 aliphatic carbocycles. The second-order valence-electron chi connectivity index (χ2n) is 7.48. The maximum Gasteiger partial charge on any atom is 0.131 e. The van der Waals surface area contributed by atoms with Crippen LogP contribution in [0.15, 0.2) is 53.4 Å². The van der Waals surface area contributed by atoms with Gasteiger partial charge in [0.25, 0.3) is 0 Å². The van der Waals surface area contributed by atoms with E-state index in [-0.39, 0.29) is 0 Å². The van der Waals surface area contributed by atoms with E-state index in [9.17, 15) is 9.11 Å². The third-order valence-corrected chi connectivity index (χ3v) is 7.15. The Morgan fingerprint density at radius 1 is 1.10 bits per heavy atom. The largest absolute Gasteiger partial charge is 0.383 e. The van der Waals surface area contributed by atoms with E-state index >= 15 is 0 Å². The molecule has 0 atom stereocenters. The molecule has 2 aromatic carbocycles. The Bertz CT molecular complexity index is 1020. The minimum absolute atomic E-state index is 0.306. The van der Waals surface area contributed by atoms with Gasteiger partial charge in [0.15, 0.2) is 0 Å². The van der Waals surface area contributed by atoms with Gasteiger partial charge in [-0.2, -0.15) is 10.6 Å². The number of likely N-dealkylation sites (N-methyl/N-ethyl adjacent to an activating group) is 1. The van der Waals surface area contributed by atoms with E-state index in [1.807, 2.05) is 31.3 Å². The third-order valence-electron chi connectivity index (χ3n) is 5.30. The highest BCUT2D eigenvalue weighted by molar-refractivity contribution is 8.24. The number of rotatable bonds is 5. The van der Waals surface area contributed by atoms with Gasteiger partial charge in [-0.05, 0) is 37.7 Å². The summed E-state index contributed by atoms with van der Waals surface area (Å²) in [5.41, 5.74) is 4.12. The van der Waals surface area contributed by atoms with Crippen molar-refractivity contribution in [2.75, 3.05) is 42.7 Å². The summed E-state index contributed by atoms with van der Waals surface area (Å²) in [6, 6.07) is 16.0. The summed E-state index contributed by atoms with van der Waals surface area (Å²) in [4.78, 5) is 7.71. The average molecular weight is 413 g/mol. The van der Waals surface area contributed by atoms with Crippen molar-refractivity contribution in [2.45, 2.75) is 18.4 Å². The number of aromatic nitrogens is 1. The van der Waals surface area contributed by atoms with E-state index in [1.54, 1.807) is 0 Å². The summed E-state index contributed by atoms with van der Waals surface area (Å²) in [5, 5.41) is 7.79. The molecule has 7 heteroatoms. The number of nitrogens with zero attached hydrogens (tertiary/aromatic N) is 2. The number of nitrogens with one attached hydrogen (secondary N) is 2. The van der Waals surface area contributed by atoms with E-state index in [2.05, 4.69) is 46.7 Å². The molecule has 1 aliphatic rings. The standard InChI is InChI=1S/C22H28N4O2S/c1-16-7-8-19-18(13-16)20(24-10-9-23-2)14-22(25-19)26-11-12-29(27,28)21-6-4-3-5-17(21)15-26/h3-8,13-14,23,27-28H,9-12,15H2,1-2H3,(H,24,25). The predicted molar refractivity (Wildman–Crippen MR) is 122 cm³/mol. The minimum atomic E-state index is -2.79.